The van der Waals surface area contributed by atoms with Crippen molar-refractivity contribution in [3.63, 3.8) is 0 Å². The fourth-order valence-corrected chi connectivity index (χ4v) is 3.39. The van der Waals surface area contributed by atoms with Gasteiger partial charge in [0.05, 0.1) is 16.8 Å². The average Bonchev–Trinajstić information content (AvgIpc) is 2.70. The van der Waals surface area contributed by atoms with Crippen molar-refractivity contribution < 1.29 is 4.74 Å². The molecule has 2 aromatic rings. The number of anilines is 1. The highest BCUT2D eigenvalue weighted by Gasteiger charge is 2.12. The predicted octanol–water partition coefficient (Wildman–Crippen LogP) is 4.24. The number of hydrogen-bond donors (Lipinski definition) is 1. The third kappa shape index (κ3) is 3.02. The second kappa shape index (κ2) is 5.99. The van der Waals surface area contributed by atoms with Crippen LogP contribution in [0.15, 0.2) is 16.6 Å². The number of rotatable bonds is 5. The molecule has 3 nitrogen and oxygen atoms in total. The van der Waals surface area contributed by atoms with Crippen molar-refractivity contribution in [1.29, 1.82) is 0 Å². The molecule has 0 fully saturated rings. The highest BCUT2D eigenvalue weighted by atomic mass is 79.9. The zero-order valence-electron chi connectivity index (χ0n) is 10.8. The van der Waals surface area contributed by atoms with E-state index in [1.54, 1.807) is 18.4 Å². The summed E-state index contributed by atoms with van der Waals surface area (Å²) in [5.74, 6) is 0.471. The zero-order valence-corrected chi connectivity index (χ0v) is 13.2. The molecular weight excluding hydrogens is 312 g/mol. The van der Waals surface area contributed by atoms with Gasteiger partial charge in [-0.05, 0) is 23.6 Å². The number of halogens is 1. The predicted molar refractivity (Wildman–Crippen MR) is 81.8 cm³/mol. The molecule has 98 valence electrons. The Hall–Kier alpha value is -0.650. The number of fused-ring (bicyclic) bond motifs is 1. The number of thiazole rings is 1. The molecule has 0 radical (unpaired) electrons. The normalized spacial score (nSPS) is 11.4. The molecule has 1 heterocycles. The van der Waals surface area contributed by atoms with E-state index in [0.29, 0.717) is 12.5 Å². The minimum atomic E-state index is 0.471. The third-order valence-electron chi connectivity index (χ3n) is 2.69. The van der Waals surface area contributed by atoms with Crippen LogP contribution < -0.4 is 5.32 Å². The van der Waals surface area contributed by atoms with Crippen LogP contribution in [0.3, 0.4) is 0 Å². The first-order valence-electron chi connectivity index (χ1n) is 5.94. The first kappa shape index (κ1) is 13.8. The maximum atomic E-state index is 5.03. The molecule has 2 rings (SSSR count). The maximum Gasteiger partial charge on any atom is 0.183 e. The van der Waals surface area contributed by atoms with E-state index in [0.717, 1.165) is 21.7 Å². The van der Waals surface area contributed by atoms with Gasteiger partial charge in [0.1, 0.15) is 0 Å². The number of nitrogens with one attached hydrogen (secondary N) is 1. The Labute approximate surface area is 120 Å². The number of aromatic nitrogens is 1. The van der Waals surface area contributed by atoms with Crippen LogP contribution in [0.4, 0.5) is 5.13 Å². The maximum absolute atomic E-state index is 5.03. The van der Waals surface area contributed by atoms with Gasteiger partial charge in [-0.2, -0.15) is 0 Å². The van der Waals surface area contributed by atoms with Gasteiger partial charge in [-0.1, -0.05) is 41.1 Å². The van der Waals surface area contributed by atoms with Crippen LogP contribution >= 0.6 is 27.3 Å². The number of methoxy groups -OCH3 is 1. The number of ether oxygens (including phenoxy) is 1. The minimum absolute atomic E-state index is 0.471. The van der Waals surface area contributed by atoms with Gasteiger partial charge >= 0.3 is 0 Å². The van der Waals surface area contributed by atoms with Crippen LogP contribution in [-0.4, -0.2) is 25.2 Å². The summed E-state index contributed by atoms with van der Waals surface area (Å²) in [7, 11) is 1.70. The summed E-state index contributed by atoms with van der Waals surface area (Å²) in [6.45, 7) is 5.86. The van der Waals surface area contributed by atoms with Gasteiger partial charge in [0.15, 0.2) is 5.13 Å². The fraction of sp³-hybridized carbons (Fsp3) is 0.462. The zero-order chi connectivity index (χ0) is 13.1. The summed E-state index contributed by atoms with van der Waals surface area (Å²) >= 11 is 5.25. The van der Waals surface area contributed by atoms with E-state index in [9.17, 15) is 0 Å². The molecule has 0 bridgehead atoms. The summed E-state index contributed by atoms with van der Waals surface area (Å²) < 4.78 is 7.36. The van der Waals surface area contributed by atoms with Crippen molar-refractivity contribution in [2.24, 2.45) is 0 Å². The summed E-state index contributed by atoms with van der Waals surface area (Å²) in [5, 5.41) is 4.25. The highest BCUT2D eigenvalue weighted by Crippen LogP contribution is 2.34. The van der Waals surface area contributed by atoms with E-state index in [1.165, 1.54) is 10.3 Å². The SMILES string of the molecule is COCCNc1nc2c(C(C)C)cc(Br)cc2s1. The standard InChI is InChI=1S/C13H17BrN2OS/c1-8(2)10-6-9(14)7-11-12(10)16-13(18-11)15-4-5-17-3/h6-8H,4-5H2,1-3H3,(H,15,16). The lowest BCUT2D eigenvalue weighted by molar-refractivity contribution is 0.211. The molecule has 0 aliphatic rings. The van der Waals surface area contributed by atoms with E-state index < -0.39 is 0 Å². The number of benzene rings is 1. The average molecular weight is 329 g/mol. The Morgan fingerprint density at radius 1 is 1.44 bits per heavy atom. The third-order valence-corrected chi connectivity index (χ3v) is 4.11. The van der Waals surface area contributed by atoms with E-state index in [1.807, 2.05) is 0 Å². The van der Waals surface area contributed by atoms with E-state index in [2.05, 4.69) is 52.2 Å². The van der Waals surface area contributed by atoms with E-state index in [4.69, 9.17) is 4.74 Å². The van der Waals surface area contributed by atoms with Gasteiger partial charge in [0.2, 0.25) is 0 Å². The molecule has 0 atom stereocenters. The van der Waals surface area contributed by atoms with Crippen molar-refractivity contribution in [2.45, 2.75) is 19.8 Å². The molecule has 0 saturated carbocycles. The highest BCUT2D eigenvalue weighted by molar-refractivity contribution is 9.10. The monoisotopic (exact) mass is 328 g/mol. The van der Waals surface area contributed by atoms with Crippen LogP contribution in [0.1, 0.15) is 25.3 Å². The molecular formula is C13H17BrN2OS. The van der Waals surface area contributed by atoms with Crippen LogP contribution in [0.25, 0.3) is 10.2 Å². The van der Waals surface area contributed by atoms with Crippen LogP contribution in [0.5, 0.6) is 0 Å². The van der Waals surface area contributed by atoms with Crippen molar-refractivity contribution in [3.05, 3.63) is 22.2 Å². The smallest absolute Gasteiger partial charge is 0.183 e. The first-order valence-corrected chi connectivity index (χ1v) is 7.55. The minimum Gasteiger partial charge on any atom is -0.383 e. The molecule has 0 aliphatic heterocycles. The summed E-state index contributed by atoms with van der Waals surface area (Å²) in [4.78, 5) is 4.68. The van der Waals surface area contributed by atoms with Gasteiger partial charge in [-0.25, -0.2) is 4.98 Å². The lowest BCUT2D eigenvalue weighted by atomic mass is 10.0. The Bertz CT molecular complexity index is 539. The molecule has 1 aromatic carbocycles. The summed E-state index contributed by atoms with van der Waals surface area (Å²) in [6, 6.07) is 4.28. The van der Waals surface area contributed by atoms with Crippen molar-refractivity contribution in [2.75, 3.05) is 25.6 Å². The number of hydrogen-bond acceptors (Lipinski definition) is 4. The van der Waals surface area contributed by atoms with Crippen molar-refractivity contribution in [3.8, 4) is 0 Å². The van der Waals surface area contributed by atoms with Crippen molar-refractivity contribution in [1.82, 2.24) is 4.98 Å². The Balaban J connectivity index is 2.34. The fourth-order valence-electron chi connectivity index (χ4n) is 1.80. The molecule has 0 unspecified atom stereocenters. The van der Waals surface area contributed by atoms with E-state index >= 15 is 0 Å². The summed E-state index contributed by atoms with van der Waals surface area (Å²) in [6.07, 6.45) is 0. The molecule has 1 N–H and O–H groups in total. The molecule has 0 spiro atoms. The second-order valence-electron chi connectivity index (χ2n) is 4.44. The van der Waals surface area contributed by atoms with Gasteiger partial charge < -0.3 is 10.1 Å². The van der Waals surface area contributed by atoms with Gasteiger partial charge in [0.25, 0.3) is 0 Å². The molecule has 18 heavy (non-hydrogen) atoms. The molecule has 1 aromatic heterocycles. The van der Waals surface area contributed by atoms with Crippen LogP contribution in [-0.2, 0) is 4.74 Å². The van der Waals surface area contributed by atoms with Gasteiger partial charge in [-0.15, -0.1) is 0 Å². The second-order valence-corrected chi connectivity index (χ2v) is 6.38. The Kier molecular flexibility index (Phi) is 4.59. The summed E-state index contributed by atoms with van der Waals surface area (Å²) in [5.41, 5.74) is 2.40. The van der Waals surface area contributed by atoms with Crippen molar-refractivity contribution >= 4 is 42.6 Å². The van der Waals surface area contributed by atoms with Crippen LogP contribution in [0.2, 0.25) is 0 Å². The topological polar surface area (TPSA) is 34.1 Å². The lowest BCUT2D eigenvalue weighted by Crippen LogP contribution is -2.06. The largest absolute Gasteiger partial charge is 0.383 e. The first-order chi connectivity index (χ1) is 8.61. The number of nitrogens with zero attached hydrogens (tertiary/aromatic N) is 1. The molecule has 5 heteroatoms. The quantitative estimate of drug-likeness (QED) is 0.833. The van der Waals surface area contributed by atoms with E-state index in [-0.39, 0.29) is 0 Å². The molecule has 0 aliphatic carbocycles. The van der Waals surface area contributed by atoms with Gasteiger partial charge in [0, 0.05) is 18.1 Å². The molecule has 0 amide bonds. The lowest BCUT2D eigenvalue weighted by Gasteiger charge is -2.06. The molecule has 0 saturated heterocycles. The Morgan fingerprint density at radius 3 is 2.89 bits per heavy atom. The van der Waals surface area contributed by atoms with Gasteiger partial charge in [-0.3, -0.25) is 0 Å². The Morgan fingerprint density at radius 2 is 2.22 bits per heavy atom. The van der Waals surface area contributed by atoms with Crippen LogP contribution in [0, 0.1) is 0 Å².